The Balaban J connectivity index is 3.51. The molecule has 0 aliphatic heterocycles. The van der Waals surface area contributed by atoms with Crippen LogP contribution in [0, 0.1) is 0 Å². The van der Waals surface area contributed by atoms with Gasteiger partial charge in [-0.3, -0.25) is 4.90 Å². The third-order valence-electron chi connectivity index (χ3n) is 2.08. The molecule has 1 unspecified atom stereocenters. The van der Waals surface area contributed by atoms with E-state index in [0.717, 1.165) is 32.7 Å². The second-order valence-electron chi connectivity index (χ2n) is 3.05. The average molecular weight is 174 g/mol. The van der Waals surface area contributed by atoms with E-state index in [-0.39, 0.29) is 0 Å². The van der Waals surface area contributed by atoms with Crippen molar-refractivity contribution >= 4 is 0 Å². The number of rotatable bonds is 7. The van der Waals surface area contributed by atoms with E-state index in [2.05, 4.69) is 18.7 Å². The van der Waals surface area contributed by atoms with Gasteiger partial charge in [-0.2, -0.15) is 0 Å². The van der Waals surface area contributed by atoms with Gasteiger partial charge in [0, 0.05) is 26.2 Å². The second-order valence-corrected chi connectivity index (χ2v) is 3.05. The zero-order valence-electron chi connectivity index (χ0n) is 8.55. The van der Waals surface area contributed by atoms with Gasteiger partial charge in [0.1, 0.15) is 0 Å². The van der Waals surface area contributed by atoms with E-state index in [4.69, 9.17) is 10.5 Å². The first-order chi connectivity index (χ1) is 5.74. The molecule has 0 amide bonds. The van der Waals surface area contributed by atoms with Crippen LogP contribution in [0.2, 0.25) is 0 Å². The van der Waals surface area contributed by atoms with Crippen LogP contribution in [0.15, 0.2) is 0 Å². The number of methoxy groups -OCH3 is 1. The molecule has 0 aromatic rings. The Bertz CT molecular complexity index is 98.5. The lowest BCUT2D eigenvalue weighted by Crippen LogP contribution is -2.38. The van der Waals surface area contributed by atoms with Gasteiger partial charge in [-0.1, -0.05) is 13.8 Å². The molecule has 2 N–H and O–H groups in total. The summed E-state index contributed by atoms with van der Waals surface area (Å²) in [5.74, 6) is 0. The van der Waals surface area contributed by atoms with Gasteiger partial charge in [0.2, 0.25) is 0 Å². The highest BCUT2D eigenvalue weighted by atomic mass is 16.5. The summed E-state index contributed by atoms with van der Waals surface area (Å²) in [4.78, 5) is 2.32. The van der Waals surface area contributed by atoms with Gasteiger partial charge >= 0.3 is 0 Å². The Morgan fingerprint density at radius 1 is 1.42 bits per heavy atom. The van der Waals surface area contributed by atoms with Gasteiger partial charge in [0.25, 0.3) is 0 Å². The lowest BCUT2D eigenvalue weighted by atomic mass is 10.2. The predicted octanol–water partition coefficient (Wildman–Crippen LogP) is 0.692. The van der Waals surface area contributed by atoms with Crippen molar-refractivity contribution in [3.63, 3.8) is 0 Å². The molecule has 0 aliphatic carbocycles. The largest absolute Gasteiger partial charge is 0.383 e. The van der Waals surface area contributed by atoms with Crippen LogP contribution < -0.4 is 5.73 Å². The third kappa shape index (κ3) is 5.52. The quantitative estimate of drug-likeness (QED) is 0.617. The monoisotopic (exact) mass is 174 g/mol. The van der Waals surface area contributed by atoms with E-state index in [1.807, 2.05) is 0 Å². The SMILES string of the molecule is CCC(N)CN(CC)CCOC. The minimum Gasteiger partial charge on any atom is -0.383 e. The molecule has 0 spiro atoms. The Morgan fingerprint density at radius 3 is 2.50 bits per heavy atom. The minimum absolute atomic E-state index is 0.307. The fraction of sp³-hybridized carbons (Fsp3) is 1.00. The molecule has 74 valence electrons. The number of hydrogen-bond donors (Lipinski definition) is 1. The summed E-state index contributed by atoms with van der Waals surface area (Å²) in [5, 5.41) is 0. The fourth-order valence-electron chi connectivity index (χ4n) is 1.06. The predicted molar refractivity (Wildman–Crippen MR) is 52.3 cm³/mol. The van der Waals surface area contributed by atoms with Crippen molar-refractivity contribution in [3.8, 4) is 0 Å². The maximum Gasteiger partial charge on any atom is 0.0589 e. The molecule has 12 heavy (non-hydrogen) atoms. The Labute approximate surface area is 75.9 Å². The molecule has 3 nitrogen and oxygen atoms in total. The summed E-state index contributed by atoms with van der Waals surface area (Å²) < 4.78 is 5.01. The summed E-state index contributed by atoms with van der Waals surface area (Å²) in [5.41, 5.74) is 5.84. The Hall–Kier alpha value is -0.120. The lowest BCUT2D eigenvalue weighted by molar-refractivity contribution is 0.146. The van der Waals surface area contributed by atoms with Crippen LogP contribution >= 0.6 is 0 Å². The van der Waals surface area contributed by atoms with Crippen LogP contribution in [0.4, 0.5) is 0 Å². The molecule has 0 aliphatic rings. The molecule has 0 saturated carbocycles. The van der Waals surface area contributed by atoms with Gasteiger partial charge in [-0.05, 0) is 13.0 Å². The van der Waals surface area contributed by atoms with Crippen molar-refractivity contribution in [2.75, 3.05) is 33.4 Å². The van der Waals surface area contributed by atoms with Gasteiger partial charge in [0.05, 0.1) is 6.61 Å². The summed E-state index contributed by atoms with van der Waals surface area (Å²) in [6.45, 7) is 8.09. The molecule has 0 fully saturated rings. The van der Waals surface area contributed by atoms with E-state index in [0.29, 0.717) is 6.04 Å². The molecule has 0 bridgehead atoms. The van der Waals surface area contributed by atoms with Crippen molar-refractivity contribution in [1.29, 1.82) is 0 Å². The van der Waals surface area contributed by atoms with Crippen LogP contribution in [-0.2, 0) is 4.74 Å². The third-order valence-corrected chi connectivity index (χ3v) is 2.08. The topological polar surface area (TPSA) is 38.5 Å². The summed E-state index contributed by atoms with van der Waals surface area (Å²) in [7, 11) is 1.73. The molecule has 3 heteroatoms. The highest BCUT2D eigenvalue weighted by molar-refractivity contribution is 4.65. The minimum atomic E-state index is 0.307. The van der Waals surface area contributed by atoms with Crippen molar-refractivity contribution in [1.82, 2.24) is 4.90 Å². The molecule has 0 radical (unpaired) electrons. The lowest BCUT2D eigenvalue weighted by Gasteiger charge is -2.22. The summed E-state index contributed by atoms with van der Waals surface area (Å²) in [6, 6.07) is 0.307. The van der Waals surface area contributed by atoms with Crippen LogP contribution in [-0.4, -0.2) is 44.3 Å². The number of nitrogens with zero attached hydrogens (tertiary/aromatic N) is 1. The first kappa shape index (κ1) is 11.9. The first-order valence-electron chi connectivity index (χ1n) is 4.71. The van der Waals surface area contributed by atoms with Gasteiger partial charge in [-0.25, -0.2) is 0 Å². The fourth-order valence-corrected chi connectivity index (χ4v) is 1.06. The standard InChI is InChI=1S/C9H22N2O/c1-4-9(10)8-11(5-2)6-7-12-3/h9H,4-8,10H2,1-3H3. The van der Waals surface area contributed by atoms with Crippen LogP contribution in [0.5, 0.6) is 0 Å². The van der Waals surface area contributed by atoms with E-state index in [9.17, 15) is 0 Å². The normalized spacial score (nSPS) is 13.8. The van der Waals surface area contributed by atoms with Gasteiger partial charge in [0.15, 0.2) is 0 Å². The van der Waals surface area contributed by atoms with Crippen molar-refractivity contribution in [2.24, 2.45) is 5.73 Å². The maximum atomic E-state index is 5.84. The number of likely N-dealkylation sites (N-methyl/N-ethyl adjacent to an activating group) is 1. The van der Waals surface area contributed by atoms with E-state index < -0.39 is 0 Å². The number of nitrogens with two attached hydrogens (primary N) is 1. The molecular weight excluding hydrogens is 152 g/mol. The van der Waals surface area contributed by atoms with Gasteiger partial charge in [-0.15, -0.1) is 0 Å². The average Bonchev–Trinajstić information content (AvgIpc) is 2.11. The molecule has 0 aromatic carbocycles. The summed E-state index contributed by atoms with van der Waals surface area (Å²) in [6.07, 6.45) is 1.05. The van der Waals surface area contributed by atoms with Crippen molar-refractivity contribution in [3.05, 3.63) is 0 Å². The number of ether oxygens (including phenoxy) is 1. The summed E-state index contributed by atoms with van der Waals surface area (Å²) >= 11 is 0. The van der Waals surface area contributed by atoms with E-state index >= 15 is 0 Å². The highest BCUT2D eigenvalue weighted by Gasteiger charge is 2.06. The van der Waals surface area contributed by atoms with Crippen LogP contribution in [0.25, 0.3) is 0 Å². The van der Waals surface area contributed by atoms with Crippen molar-refractivity contribution < 1.29 is 4.74 Å². The zero-order chi connectivity index (χ0) is 9.40. The molecular formula is C9H22N2O. The highest BCUT2D eigenvalue weighted by Crippen LogP contribution is 1.93. The van der Waals surface area contributed by atoms with Crippen LogP contribution in [0.1, 0.15) is 20.3 Å². The molecule has 0 heterocycles. The van der Waals surface area contributed by atoms with E-state index in [1.165, 1.54) is 0 Å². The van der Waals surface area contributed by atoms with Crippen molar-refractivity contribution in [2.45, 2.75) is 26.3 Å². The second kappa shape index (κ2) is 7.53. The Morgan fingerprint density at radius 2 is 2.08 bits per heavy atom. The smallest absolute Gasteiger partial charge is 0.0589 e. The molecule has 0 saturated heterocycles. The van der Waals surface area contributed by atoms with Crippen LogP contribution in [0.3, 0.4) is 0 Å². The zero-order valence-corrected chi connectivity index (χ0v) is 8.55. The first-order valence-corrected chi connectivity index (χ1v) is 4.71. The molecule has 0 aromatic heterocycles. The Kier molecular flexibility index (Phi) is 7.45. The molecule has 1 atom stereocenters. The van der Waals surface area contributed by atoms with E-state index in [1.54, 1.807) is 7.11 Å². The van der Waals surface area contributed by atoms with Gasteiger partial charge < -0.3 is 10.5 Å². The maximum absolute atomic E-state index is 5.84. The molecule has 0 rings (SSSR count). The number of hydrogen-bond acceptors (Lipinski definition) is 3.